The van der Waals surface area contributed by atoms with Gasteiger partial charge in [0.05, 0.1) is 5.41 Å². The average Bonchev–Trinajstić information content (AvgIpc) is 2.34. The number of hydrogen-bond donors (Lipinski definition) is 1. The summed E-state index contributed by atoms with van der Waals surface area (Å²) in [5.74, 6) is 0.916. The van der Waals surface area contributed by atoms with Crippen LogP contribution in [0.15, 0.2) is 18.3 Å². The van der Waals surface area contributed by atoms with Crippen LogP contribution in [0.2, 0.25) is 0 Å². The minimum Gasteiger partial charge on any atom is -0.310 e. The molecular weight excluding hydrogens is 214 g/mol. The number of aromatic nitrogens is 1. The molecule has 2 aliphatic rings. The predicted molar refractivity (Wildman–Crippen MR) is 65.7 cm³/mol. The zero-order chi connectivity index (χ0) is 11.9. The maximum atomic E-state index is 12.3. The third kappa shape index (κ3) is 1.72. The van der Waals surface area contributed by atoms with Crippen molar-refractivity contribution in [3.63, 3.8) is 0 Å². The van der Waals surface area contributed by atoms with E-state index < -0.39 is 0 Å². The molecule has 17 heavy (non-hydrogen) atoms. The molecule has 1 aromatic rings. The van der Waals surface area contributed by atoms with Gasteiger partial charge in [0, 0.05) is 6.20 Å². The smallest absolute Gasteiger partial charge is 0.232 e. The van der Waals surface area contributed by atoms with Crippen LogP contribution in [0.4, 0.5) is 5.82 Å². The predicted octanol–water partition coefficient (Wildman–Crippen LogP) is 1.29. The minimum absolute atomic E-state index is 0.164. The molecule has 3 rings (SSSR count). The van der Waals surface area contributed by atoms with Gasteiger partial charge in [-0.25, -0.2) is 4.98 Å². The number of carbonyl (C=O) groups excluding carboxylic acids is 1. The molecule has 1 spiro atoms. The molecule has 1 amide bonds. The van der Waals surface area contributed by atoms with E-state index in [1.165, 1.54) is 5.56 Å². The van der Waals surface area contributed by atoms with E-state index in [4.69, 9.17) is 0 Å². The quantitative estimate of drug-likeness (QED) is 0.731. The molecule has 0 aliphatic carbocycles. The topological polar surface area (TPSA) is 45.2 Å². The lowest BCUT2D eigenvalue weighted by Crippen LogP contribution is -2.49. The van der Waals surface area contributed by atoms with E-state index in [2.05, 4.69) is 28.3 Å². The molecule has 1 N–H and O–H groups in total. The lowest BCUT2D eigenvalue weighted by molar-refractivity contribution is -0.128. The summed E-state index contributed by atoms with van der Waals surface area (Å²) in [7, 11) is 2.11. The zero-order valence-electron chi connectivity index (χ0n) is 10.1. The second-order valence-electron chi connectivity index (χ2n) is 5.23. The van der Waals surface area contributed by atoms with Crippen LogP contribution in [0.1, 0.15) is 18.4 Å². The maximum Gasteiger partial charge on any atom is 0.232 e. The van der Waals surface area contributed by atoms with Crippen molar-refractivity contribution in [1.29, 1.82) is 0 Å². The van der Waals surface area contributed by atoms with E-state index in [0.717, 1.165) is 38.2 Å². The van der Waals surface area contributed by atoms with Crippen LogP contribution >= 0.6 is 0 Å². The second-order valence-corrected chi connectivity index (χ2v) is 5.23. The molecule has 2 aliphatic heterocycles. The zero-order valence-corrected chi connectivity index (χ0v) is 10.1. The molecule has 1 saturated heterocycles. The standard InChI is InChI=1S/C13H17N3O/c1-16-7-4-13(5-8-16)9-10-3-2-6-14-11(10)15-12(13)17/h2-3,6H,4-5,7-9H2,1H3,(H,14,15,17). The third-order valence-electron chi connectivity index (χ3n) is 4.08. The summed E-state index contributed by atoms with van der Waals surface area (Å²) in [6, 6.07) is 4.01. The summed E-state index contributed by atoms with van der Waals surface area (Å²) in [6.07, 6.45) is 4.47. The number of piperidine rings is 1. The van der Waals surface area contributed by atoms with E-state index in [0.29, 0.717) is 0 Å². The van der Waals surface area contributed by atoms with Gasteiger partial charge in [0.1, 0.15) is 5.82 Å². The number of carbonyl (C=O) groups is 1. The van der Waals surface area contributed by atoms with Crippen molar-refractivity contribution in [3.8, 4) is 0 Å². The fraction of sp³-hybridized carbons (Fsp3) is 0.538. The third-order valence-corrected chi connectivity index (χ3v) is 4.08. The first-order valence-electron chi connectivity index (χ1n) is 6.14. The van der Waals surface area contributed by atoms with Crippen LogP contribution in [0.5, 0.6) is 0 Å². The molecule has 0 bridgehead atoms. The number of likely N-dealkylation sites (tertiary alicyclic amines) is 1. The number of pyridine rings is 1. The van der Waals surface area contributed by atoms with Crippen molar-refractivity contribution in [2.24, 2.45) is 5.41 Å². The Hall–Kier alpha value is -1.42. The van der Waals surface area contributed by atoms with Gasteiger partial charge in [0.15, 0.2) is 0 Å². The average molecular weight is 231 g/mol. The highest BCUT2D eigenvalue weighted by atomic mass is 16.2. The van der Waals surface area contributed by atoms with E-state index in [1.54, 1.807) is 6.20 Å². The summed E-state index contributed by atoms with van der Waals surface area (Å²) < 4.78 is 0. The Morgan fingerprint density at radius 3 is 2.94 bits per heavy atom. The molecule has 90 valence electrons. The van der Waals surface area contributed by atoms with E-state index in [9.17, 15) is 4.79 Å². The fourth-order valence-corrected chi connectivity index (χ4v) is 2.83. The van der Waals surface area contributed by atoms with E-state index in [1.807, 2.05) is 6.07 Å². The van der Waals surface area contributed by atoms with Gasteiger partial charge in [0.25, 0.3) is 0 Å². The SMILES string of the molecule is CN1CCC2(CC1)Cc1cccnc1NC2=O. The minimum atomic E-state index is -0.192. The summed E-state index contributed by atoms with van der Waals surface area (Å²) >= 11 is 0. The normalized spacial score (nSPS) is 23.2. The summed E-state index contributed by atoms with van der Waals surface area (Å²) in [5, 5.41) is 2.97. The van der Waals surface area contributed by atoms with Gasteiger partial charge in [0.2, 0.25) is 5.91 Å². The van der Waals surface area contributed by atoms with Gasteiger partial charge >= 0.3 is 0 Å². The molecule has 0 unspecified atom stereocenters. The Labute approximate surface area is 101 Å². The van der Waals surface area contributed by atoms with Gasteiger partial charge in [-0.05, 0) is 51.0 Å². The number of anilines is 1. The molecule has 0 atom stereocenters. The molecule has 1 aromatic heterocycles. The maximum absolute atomic E-state index is 12.3. The van der Waals surface area contributed by atoms with Crippen LogP contribution in [0.25, 0.3) is 0 Å². The van der Waals surface area contributed by atoms with E-state index in [-0.39, 0.29) is 11.3 Å². The van der Waals surface area contributed by atoms with Crippen molar-refractivity contribution >= 4 is 11.7 Å². The Morgan fingerprint density at radius 1 is 1.41 bits per heavy atom. The Morgan fingerprint density at radius 2 is 2.18 bits per heavy atom. The molecule has 1 fully saturated rings. The van der Waals surface area contributed by atoms with Crippen molar-refractivity contribution in [2.75, 3.05) is 25.5 Å². The highest BCUT2D eigenvalue weighted by molar-refractivity contribution is 5.97. The Kier molecular flexibility index (Phi) is 2.40. The number of rotatable bonds is 0. The van der Waals surface area contributed by atoms with Gasteiger partial charge in [-0.3, -0.25) is 4.79 Å². The van der Waals surface area contributed by atoms with Gasteiger partial charge < -0.3 is 10.2 Å². The van der Waals surface area contributed by atoms with Crippen LogP contribution in [-0.2, 0) is 11.2 Å². The molecule has 0 saturated carbocycles. The number of nitrogens with one attached hydrogen (secondary N) is 1. The first-order valence-corrected chi connectivity index (χ1v) is 6.14. The Bertz CT molecular complexity index is 450. The van der Waals surface area contributed by atoms with Crippen molar-refractivity contribution < 1.29 is 4.79 Å². The van der Waals surface area contributed by atoms with Gasteiger partial charge in [-0.2, -0.15) is 0 Å². The largest absolute Gasteiger partial charge is 0.310 e. The van der Waals surface area contributed by atoms with Crippen LogP contribution in [0, 0.1) is 5.41 Å². The lowest BCUT2D eigenvalue weighted by Gasteiger charge is -2.41. The highest BCUT2D eigenvalue weighted by Crippen LogP contribution is 2.40. The van der Waals surface area contributed by atoms with Crippen LogP contribution in [-0.4, -0.2) is 35.9 Å². The highest BCUT2D eigenvalue weighted by Gasteiger charge is 2.44. The lowest BCUT2D eigenvalue weighted by atomic mass is 9.71. The van der Waals surface area contributed by atoms with Gasteiger partial charge in [-0.15, -0.1) is 0 Å². The number of hydrogen-bond acceptors (Lipinski definition) is 3. The molecule has 4 nitrogen and oxygen atoms in total. The van der Waals surface area contributed by atoms with Crippen molar-refractivity contribution in [2.45, 2.75) is 19.3 Å². The summed E-state index contributed by atoms with van der Waals surface area (Å²) in [6.45, 7) is 2.01. The molecule has 3 heterocycles. The summed E-state index contributed by atoms with van der Waals surface area (Å²) in [5.41, 5.74) is 0.986. The van der Waals surface area contributed by atoms with Crippen LogP contribution in [0.3, 0.4) is 0 Å². The Balaban J connectivity index is 1.91. The second kappa shape index (κ2) is 3.81. The molecule has 4 heteroatoms. The van der Waals surface area contributed by atoms with E-state index >= 15 is 0 Å². The molecule has 0 aromatic carbocycles. The number of amides is 1. The first kappa shape index (κ1) is 10.7. The van der Waals surface area contributed by atoms with Crippen molar-refractivity contribution in [3.05, 3.63) is 23.9 Å². The number of nitrogens with zero attached hydrogens (tertiary/aromatic N) is 2. The monoisotopic (exact) mass is 231 g/mol. The molecular formula is C13H17N3O. The van der Waals surface area contributed by atoms with Gasteiger partial charge in [-0.1, -0.05) is 6.07 Å². The fourth-order valence-electron chi connectivity index (χ4n) is 2.83. The first-order chi connectivity index (χ1) is 8.20. The van der Waals surface area contributed by atoms with Crippen molar-refractivity contribution in [1.82, 2.24) is 9.88 Å². The number of fused-ring (bicyclic) bond motifs is 1. The summed E-state index contributed by atoms with van der Waals surface area (Å²) in [4.78, 5) is 18.8. The van der Waals surface area contributed by atoms with Crippen LogP contribution < -0.4 is 5.32 Å². The molecule has 0 radical (unpaired) electrons.